The largest absolute Gasteiger partial charge is 0.497 e. The SMILES string of the molecule is CCNC(=NCC(c1ccc(OC)cc1)N1CCOCC1)N1CCc2ccccc21.I. The molecule has 2 aromatic rings. The number of guanidine groups is 1. The number of morpholine rings is 1. The Labute approximate surface area is 202 Å². The summed E-state index contributed by atoms with van der Waals surface area (Å²) in [6.45, 7) is 8.04. The van der Waals surface area contributed by atoms with Crippen LogP contribution >= 0.6 is 24.0 Å². The molecule has 0 aromatic heterocycles. The summed E-state index contributed by atoms with van der Waals surface area (Å²) < 4.78 is 10.9. The van der Waals surface area contributed by atoms with Gasteiger partial charge in [0, 0.05) is 31.9 Å². The van der Waals surface area contributed by atoms with Gasteiger partial charge in [0.25, 0.3) is 0 Å². The first kappa shape index (κ1) is 23.8. The Bertz CT molecular complexity index is 853. The number of rotatable bonds is 6. The Balaban J connectivity index is 0.00000272. The molecule has 0 amide bonds. The maximum absolute atomic E-state index is 5.59. The molecule has 0 spiro atoms. The molecule has 4 rings (SSSR count). The van der Waals surface area contributed by atoms with Crippen molar-refractivity contribution in [2.75, 3.05) is 57.9 Å². The van der Waals surface area contributed by atoms with E-state index in [4.69, 9.17) is 14.5 Å². The van der Waals surface area contributed by atoms with Crippen molar-refractivity contribution in [3.8, 4) is 5.75 Å². The molecule has 0 aliphatic carbocycles. The van der Waals surface area contributed by atoms with E-state index in [0.29, 0.717) is 6.54 Å². The van der Waals surface area contributed by atoms with Crippen LogP contribution in [-0.4, -0.2) is 63.9 Å². The molecule has 2 heterocycles. The van der Waals surface area contributed by atoms with Gasteiger partial charge in [0.2, 0.25) is 0 Å². The summed E-state index contributed by atoms with van der Waals surface area (Å²) in [5.74, 6) is 1.85. The number of ether oxygens (including phenoxy) is 2. The van der Waals surface area contributed by atoms with Crippen molar-refractivity contribution < 1.29 is 9.47 Å². The van der Waals surface area contributed by atoms with Crippen molar-refractivity contribution >= 4 is 35.6 Å². The monoisotopic (exact) mass is 536 g/mol. The quantitative estimate of drug-likeness (QED) is 0.347. The lowest BCUT2D eigenvalue weighted by molar-refractivity contribution is 0.0179. The van der Waals surface area contributed by atoms with Gasteiger partial charge in [-0.3, -0.25) is 9.89 Å². The fourth-order valence-corrected chi connectivity index (χ4v) is 4.27. The van der Waals surface area contributed by atoms with E-state index in [1.54, 1.807) is 7.11 Å². The second-order valence-electron chi connectivity index (χ2n) is 7.66. The molecule has 2 aliphatic heterocycles. The highest BCUT2D eigenvalue weighted by molar-refractivity contribution is 14.0. The maximum atomic E-state index is 5.59. The third-order valence-corrected chi connectivity index (χ3v) is 5.88. The van der Waals surface area contributed by atoms with E-state index in [0.717, 1.165) is 57.5 Å². The number of aliphatic imine (C=N–C) groups is 1. The van der Waals surface area contributed by atoms with Gasteiger partial charge in [0.1, 0.15) is 5.75 Å². The summed E-state index contributed by atoms with van der Waals surface area (Å²) in [5.41, 5.74) is 3.92. The van der Waals surface area contributed by atoms with Gasteiger partial charge in [-0.1, -0.05) is 30.3 Å². The molecule has 1 fully saturated rings. The molecular formula is C24H33IN4O2. The van der Waals surface area contributed by atoms with Crippen LogP contribution in [0.15, 0.2) is 53.5 Å². The summed E-state index contributed by atoms with van der Waals surface area (Å²) in [6, 6.07) is 17.2. The van der Waals surface area contributed by atoms with Crippen LogP contribution in [0.25, 0.3) is 0 Å². The Morgan fingerprint density at radius 2 is 1.84 bits per heavy atom. The summed E-state index contributed by atoms with van der Waals surface area (Å²) in [4.78, 5) is 9.91. The first-order valence-electron chi connectivity index (χ1n) is 10.9. The van der Waals surface area contributed by atoms with Crippen LogP contribution in [0, 0.1) is 0 Å². The number of nitrogens with zero attached hydrogens (tertiary/aromatic N) is 3. The van der Waals surface area contributed by atoms with E-state index in [2.05, 4.69) is 58.4 Å². The summed E-state index contributed by atoms with van der Waals surface area (Å²) in [5, 5.41) is 3.51. The van der Waals surface area contributed by atoms with Crippen molar-refractivity contribution in [2.45, 2.75) is 19.4 Å². The number of halogens is 1. The maximum Gasteiger partial charge on any atom is 0.198 e. The molecule has 1 N–H and O–H groups in total. The van der Waals surface area contributed by atoms with Crippen molar-refractivity contribution in [3.05, 3.63) is 59.7 Å². The summed E-state index contributed by atoms with van der Waals surface area (Å²) in [6.07, 6.45) is 1.06. The minimum absolute atomic E-state index is 0. The van der Waals surface area contributed by atoms with Gasteiger partial charge in [-0.2, -0.15) is 0 Å². The zero-order chi connectivity index (χ0) is 20.8. The molecule has 1 saturated heterocycles. The van der Waals surface area contributed by atoms with Crippen LogP contribution in [-0.2, 0) is 11.2 Å². The summed E-state index contributed by atoms with van der Waals surface area (Å²) in [7, 11) is 1.70. The first-order valence-corrected chi connectivity index (χ1v) is 10.9. The normalized spacial score (nSPS) is 17.6. The van der Waals surface area contributed by atoms with Gasteiger partial charge >= 0.3 is 0 Å². The molecule has 7 heteroatoms. The van der Waals surface area contributed by atoms with Gasteiger partial charge in [-0.15, -0.1) is 24.0 Å². The molecular weight excluding hydrogens is 503 g/mol. The van der Waals surface area contributed by atoms with Crippen molar-refractivity contribution in [3.63, 3.8) is 0 Å². The number of hydrogen-bond acceptors (Lipinski definition) is 4. The molecule has 2 aromatic carbocycles. The molecule has 168 valence electrons. The van der Waals surface area contributed by atoms with Crippen molar-refractivity contribution in [2.24, 2.45) is 4.99 Å². The molecule has 31 heavy (non-hydrogen) atoms. The number of para-hydroxylation sites is 1. The topological polar surface area (TPSA) is 49.3 Å². The predicted molar refractivity (Wildman–Crippen MR) is 137 cm³/mol. The standard InChI is InChI=1S/C24H32N4O2.HI/c1-3-25-24(28-13-12-19-6-4-5-7-22(19)28)26-18-23(27-14-16-30-17-15-27)20-8-10-21(29-2)11-9-20;/h4-11,23H,3,12-18H2,1-2H3,(H,25,26);1H. The van der Waals surface area contributed by atoms with Crippen LogP contribution < -0.4 is 15.0 Å². The van der Waals surface area contributed by atoms with Crippen molar-refractivity contribution in [1.29, 1.82) is 0 Å². The second-order valence-corrected chi connectivity index (χ2v) is 7.66. The number of methoxy groups -OCH3 is 1. The van der Waals surface area contributed by atoms with Gasteiger partial charge in [-0.25, -0.2) is 0 Å². The fourth-order valence-electron chi connectivity index (χ4n) is 4.27. The van der Waals surface area contributed by atoms with Crippen molar-refractivity contribution in [1.82, 2.24) is 10.2 Å². The smallest absolute Gasteiger partial charge is 0.198 e. The number of fused-ring (bicyclic) bond motifs is 1. The minimum Gasteiger partial charge on any atom is -0.497 e. The molecule has 6 nitrogen and oxygen atoms in total. The highest BCUT2D eigenvalue weighted by Gasteiger charge is 2.25. The molecule has 1 atom stereocenters. The van der Waals surface area contributed by atoms with Crippen LogP contribution in [0.5, 0.6) is 5.75 Å². The van der Waals surface area contributed by atoms with E-state index < -0.39 is 0 Å². The van der Waals surface area contributed by atoms with Crippen LogP contribution in [0.4, 0.5) is 5.69 Å². The zero-order valence-electron chi connectivity index (χ0n) is 18.4. The van der Waals surface area contributed by atoms with Gasteiger partial charge < -0.3 is 19.7 Å². The van der Waals surface area contributed by atoms with Gasteiger partial charge in [0.05, 0.1) is 32.9 Å². The molecule has 0 radical (unpaired) electrons. The molecule has 2 aliphatic rings. The van der Waals surface area contributed by atoms with Gasteiger partial charge in [0.15, 0.2) is 5.96 Å². The average Bonchev–Trinajstić information content (AvgIpc) is 3.24. The fraction of sp³-hybridized carbons (Fsp3) is 0.458. The van der Waals surface area contributed by atoms with E-state index in [9.17, 15) is 0 Å². The van der Waals surface area contributed by atoms with E-state index >= 15 is 0 Å². The van der Waals surface area contributed by atoms with E-state index in [1.165, 1.54) is 16.8 Å². The second kappa shape index (κ2) is 11.7. The minimum atomic E-state index is 0. The van der Waals surface area contributed by atoms with Gasteiger partial charge in [-0.05, 0) is 42.7 Å². The third kappa shape index (κ3) is 5.70. The lowest BCUT2D eigenvalue weighted by atomic mass is 10.0. The Morgan fingerprint density at radius 3 is 2.55 bits per heavy atom. The number of anilines is 1. The van der Waals surface area contributed by atoms with Crippen LogP contribution in [0.1, 0.15) is 24.1 Å². The molecule has 0 bridgehead atoms. The number of nitrogens with one attached hydrogen (secondary N) is 1. The zero-order valence-corrected chi connectivity index (χ0v) is 20.7. The number of benzene rings is 2. The lowest BCUT2D eigenvalue weighted by Gasteiger charge is -2.34. The highest BCUT2D eigenvalue weighted by atomic mass is 127. The van der Waals surface area contributed by atoms with E-state index in [-0.39, 0.29) is 30.0 Å². The predicted octanol–water partition coefficient (Wildman–Crippen LogP) is 3.71. The average molecular weight is 536 g/mol. The van der Waals surface area contributed by atoms with Crippen LogP contribution in [0.3, 0.4) is 0 Å². The lowest BCUT2D eigenvalue weighted by Crippen LogP contribution is -2.43. The summed E-state index contributed by atoms with van der Waals surface area (Å²) >= 11 is 0. The highest BCUT2D eigenvalue weighted by Crippen LogP contribution is 2.28. The molecule has 1 unspecified atom stereocenters. The van der Waals surface area contributed by atoms with E-state index in [1.807, 2.05) is 12.1 Å². The van der Waals surface area contributed by atoms with Crippen LogP contribution in [0.2, 0.25) is 0 Å². The first-order chi connectivity index (χ1) is 14.8. The molecule has 0 saturated carbocycles. The Kier molecular flexibility index (Phi) is 8.98. The third-order valence-electron chi connectivity index (χ3n) is 5.88. The Hall–Kier alpha value is -1.84. The number of hydrogen-bond donors (Lipinski definition) is 1. The Morgan fingerprint density at radius 1 is 1.10 bits per heavy atom.